The van der Waals surface area contributed by atoms with Crippen molar-refractivity contribution in [1.82, 2.24) is 4.98 Å². The van der Waals surface area contributed by atoms with Crippen molar-refractivity contribution in [2.45, 2.75) is 20.4 Å². The molecule has 1 aromatic carbocycles. The molecule has 0 saturated carbocycles. The number of H-pyrrole nitrogens is 1. The van der Waals surface area contributed by atoms with Gasteiger partial charge in [0.25, 0.3) is 5.56 Å². The van der Waals surface area contributed by atoms with Crippen LogP contribution in [0.5, 0.6) is 0 Å². The Kier molecular flexibility index (Phi) is 3.11. The Bertz CT molecular complexity index is 599. The minimum atomic E-state index is -0.106. The number of nitrogens with two attached hydrogens (primary N) is 1. The van der Waals surface area contributed by atoms with Crippen LogP contribution in [0.2, 0.25) is 0 Å². The topological polar surface area (TPSA) is 58.9 Å². The van der Waals surface area contributed by atoms with Gasteiger partial charge in [-0.05, 0) is 31.5 Å². The molecule has 1 aromatic heterocycles. The maximum absolute atomic E-state index is 11.7. The van der Waals surface area contributed by atoms with Crippen molar-refractivity contribution in [3.8, 4) is 11.3 Å². The van der Waals surface area contributed by atoms with Gasteiger partial charge in [-0.25, -0.2) is 0 Å². The Morgan fingerprint density at radius 1 is 1.18 bits per heavy atom. The molecular formula is C14H16N2O. The molecule has 0 bridgehead atoms. The van der Waals surface area contributed by atoms with Crippen LogP contribution >= 0.6 is 0 Å². The van der Waals surface area contributed by atoms with Gasteiger partial charge in [-0.15, -0.1) is 0 Å². The Hall–Kier alpha value is -1.87. The zero-order chi connectivity index (χ0) is 12.4. The third-order valence-corrected chi connectivity index (χ3v) is 2.89. The molecule has 88 valence electrons. The Morgan fingerprint density at radius 3 is 2.59 bits per heavy atom. The Morgan fingerprint density at radius 2 is 1.94 bits per heavy atom. The number of aromatic amines is 1. The molecule has 0 spiro atoms. The van der Waals surface area contributed by atoms with E-state index in [9.17, 15) is 4.79 Å². The summed E-state index contributed by atoms with van der Waals surface area (Å²) >= 11 is 0. The van der Waals surface area contributed by atoms with E-state index in [0.29, 0.717) is 5.56 Å². The number of hydrogen-bond acceptors (Lipinski definition) is 2. The molecule has 0 unspecified atom stereocenters. The van der Waals surface area contributed by atoms with Crippen LogP contribution in [-0.4, -0.2) is 4.98 Å². The van der Waals surface area contributed by atoms with Crippen LogP contribution < -0.4 is 11.3 Å². The number of aryl methyl sites for hydroxylation is 2. The summed E-state index contributed by atoms with van der Waals surface area (Å²) < 4.78 is 0. The molecule has 3 N–H and O–H groups in total. The molecule has 0 aliphatic carbocycles. The molecular weight excluding hydrogens is 212 g/mol. The molecule has 1 heterocycles. The first kappa shape index (κ1) is 11.6. The average molecular weight is 228 g/mol. The summed E-state index contributed by atoms with van der Waals surface area (Å²) in [5.41, 5.74) is 10.2. The summed E-state index contributed by atoms with van der Waals surface area (Å²) in [5, 5.41) is 0. The van der Waals surface area contributed by atoms with Gasteiger partial charge in [0.2, 0.25) is 0 Å². The van der Waals surface area contributed by atoms with Crippen LogP contribution in [0.1, 0.15) is 16.7 Å². The highest BCUT2D eigenvalue weighted by molar-refractivity contribution is 5.64. The van der Waals surface area contributed by atoms with Crippen LogP contribution in [0.15, 0.2) is 35.1 Å². The predicted molar refractivity (Wildman–Crippen MR) is 69.9 cm³/mol. The fourth-order valence-electron chi connectivity index (χ4n) is 1.85. The Labute approximate surface area is 100 Å². The fourth-order valence-corrected chi connectivity index (χ4v) is 1.85. The number of aromatic nitrogens is 1. The van der Waals surface area contributed by atoms with Gasteiger partial charge in [-0.3, -0.25) is 4.79 Å². The molecule has 0 amide bonds. The lowest BCUT2D eigenvalue weighted by molar-refractivity contribution is 1.02. The van der Waals surface area contributed by atoms with E-state index < -0.39 is 0 Å². The molecule has 2 aromatic rings. The largest absolute Gasteiger partial charge is 0.326 e. The highest BCUT2D eigenvalue weighted by Crippen LogP contribution is 2.21. The number of hydrogen-bond donors (Lipinski definition) is 2. The van der Waals surface area contributed by atoms with Gasteiger partial charge in [0.15, 0.2) is 0 Å². The van der Waals surface area contributed by atoms with Crippen molar-refractivity contribution < 1.29 is 0 Å². The number of benzene rings is 1. The number of rotatable bonds is 2. The van der Waals surface area contributed by atoms with E-state index in [0.717, 1.165) is 16.8 Å². The van der Waals surface area contributed by atoms with E-state index in [4.69, 9.17) is 5.73 Å². The van der Waals surface area contributed by atoms with Gasteiger partial charge in [0.1, 0.15) is 0 Å². The van der Waals surface area contributed by atoms with Crippen molar-refractivity contribution in [2.24, 2.45) is 5.73 Å². The summed E-state index contributed by atoms with van der Waals surface area (Å²) in [4.78, 5) is 14.6. The summed E-state index contributed by atoms with van der Waals surface area (Å²) in [5.74, 6) is 0. The van der Waals surface area contributed by atoms with Crippen LogP contribution in [-0.2, 0) is 6.54 Å². The summed E-state index contributed by atoms with van der Waals surface area (Å²) in [7, 11) is 0. The highest BCUT2D eigenvalue weighted by atomic mass is 16.1. The predicted octanol–water partition coefficient (Wildman–Crippen LogP) is 2.12. The molecule has 0 fully saturated rings. The molecule has 0 atom stereocenters. The molecule has 0 aliphatic heterocycles. The zero-order valence-electron chi connectivity index (χ0n) is 10.1. The molecule has 0 aliphatic rings. The molecule has 17 heavy (non-hydrogen) atoms. The van der Waals surface area contributed by atoms with Crippen molar-refractivity contribution in [3.63, 3.8) is 0 Å². The Balaban J connectivity index is 2.57. The first-order chi connectivity index (χ1) is 8.11. The molecule has 3 heteroatoms. The van der Waals surface area contributed by atoms with E-state index in [-0.39, 0.29) is 12.1 Å². The summed E-state index contributed by atoms with van der Waals surface area (Å²) in [6.07, 6.45) is 0. The number of nitrogens with one attached hydrogen (secondary N) is 1. The van der Waals surface area contributed by atoms with E-state index in [1.807, 2.05) is 19.9 Å². The van der Waals surface area contributed by atoms with E-state index in [1.54, 1.807) is 6.07 Å². The zero-order valence-corrected chi connectivity index (χ0v) is 10.1. The molecule has 0 radical (unpaired) electrons. The lowest BCUT2D eigenvalue weighted by Gasteiger charge is -2.07. The van der Waals surface area contributed by atoms with E-state index >= 15 is 0 Å². The second-order valence-corrected chi connectivity index (χ2v) is 4.25. The third kappa shape index (κ3) is 2.29. The second kappa shape index (κ2) is 4.55. The van der Waals surface area contributed by atoms with Gasteiger partial charge < -0.3 is 10.7 Å². The maximum Gasteiger partial charge on any atom is 0.252 e. The van der Waals surface area contributed by atoms with Crippen molar-refractivity contribution >= 4 is 0 Å². The minimum absolute atomic E-state index is 0.106. The van der Waals surface area contributed by atoms with Gasteiger partial charge in [0.05, 0.1) is 0 Å². The van der Waals surface area contributed by atoms with Gasteiger partial charge in [0, 0.05) is 23.4 Å². The van der Waals surface area contributed by atoms with Crippen LogP contribution in [0, 0.1) is 13.8 Å². The van der Waals surface area contributed by atoms with Crippen LogP contribution in [0.3, 0.4) is 0 Å². The smallest absolute Gasteiger partial charge is 0.252 e. The van der Waals surface area contributed by atoms with Crippen LogP contribution in [0.4, 0.5) is 0 Å². The molecule has 3 nitrogen and oxygen atoms in total. The number of pyridine rings is 1. The lowest BCUT2D eigenvalue weighted by atomic mass is 10.0. The first-order valence-corrected chi connectivity index (χ1v) is 5.61. The SMILES string of the molecule is Cc1ccc(C)c(-c2ccc(CN)c(=O)[nH]2)c1. The van der Waals surface area contributed by atoms with Gasteiger partial charge >= 0.3 is 0 Å². The monoisotopic (exact) mass is 228 g/mol. The van der Waals surface area contributed by atoms with E-state index in [2.05, 4.69) is 23.2 Å². The highest BCUT2D eigenvalue weighted by Gasteiger charge is 2.05. The summed E-state index contributed by atoms with van der Waals surface area (Å²) in [6, 6.07) is 9.88. The van der Waals surface area contributed by atoms with Crippen molar-refractivity contribution in [1.29, 1.82) is 0 Å². The quantitative estimate of drug-likeness (QED) is 0.827. The van der Waals surface area contributed by atoms with Gasteiger partial charge in [-0.1, -0.05) is 23.8 Å². The molecule has 2 rings (SSSR count). The third-order valence-electron chi connectivity index (χ3n) is 2.89. The fraction of sp³-hybridized carbons (Fsp3) is 0.214. The minimum Gasteiger partial charge on any atom is -0.326 e. The first-order valence-electron chi connectivity index (χ1n) is 5.61. The maximum atomic E-state index is 11.7. The van der Waals surface area contributed by atoms with Gasteiger partial charge in [-0.2, -0.15) is 0 Å². The standard InChI is InChI=1S/C14H16N2O/c1-9-3-4-10(2)12(7-9)13-6-5-11(8-15)14(17)16-13/h3-7H,8,15H2,1-2H3,(H,16,17). The normalized spacial score (nSPS) is 10.5. The van der Waals surface area contributed by atoms with Crippen molar-refractivity contribution in [2.75, 3.05) is 0 Å². The average Bonchev–Trinajstić information content (AvgIpc) is 2.32. The van der Waals surface area contributed by atoms with Crippen LogP contribution in [0.25, 0.3) is 11.3 Å². The second-order valence-electron chi connectivity index (χ2n) is 4.25. The lowest BCUT2D eigenvalue weighted by Crippen LogP contribution is -2.16. The summed E-state index contributed by atoms with van der Waals surface area (Å²) in [6.45, 7) is 4.33. The van der Waals surface area contributed by atoms with E-state index in [1.165, 1.54) is 5.56 Å². The molecule has 0 saturated heterocycles. The van der Waals surface area contributed by atoms with Crippen molar-refractivity contribution in [3.05, 3.63) is 57.4 Å².